The largest absolute Gasteiger partial charge is 0.497 e. The third-order valence-electron chi connectivity index (χ3n) is 4.94. The number of hydrogen-bond acceptors (Lipinski definition) is 4. The van der Waals surface area contributed by atoms with Gasteiger partial charge in [0.2, 0.25) is 0 Å². The maximum Gasteiger partial charge on any atom is 0.193 e. The lowest BCUT2D eigenvalue weighted by atomic mass is 10.0. The third kappa shape index (κ3) is 7.75. The Labute approximate surface area is 187 Å². The van der Waals surface area contributed by atoms with Crippen LogP contribution in [0.5, 0.6) is 5.75 Å². The van der Waals surface area contributed by atoms with Crippen LogP contribution in [-0.4, -0.2) is 75.9 Å². The second kappa shape index (κ2) is 14.0. The maximum absolute atomic E-state index is 5.55. The van der Waals surface area contributed by atoms with E-state index < -0.39 is 0 Å². The summed E-state index contributed by atoms with van der Waals surface area (Å²) in [6.45, 7) is 10.4. The number of methoxy groups -OCH3 is 1. The summed E-state index contributed by atoms with van der Waals surface area (Å²) in [7, 11) is 3.82. The second-order valence-electron chi connectivity index (χ2n) is 6.91. The van der Waals surface area contributed by atoms with Crippen molar-refractivity contribution in [2.75, 3.05) is 60.1 Å². The number of hydrogen-bond donors (Lipinski definition) is 1. The number of benzene rings is 1. The van der Waals surface area contributed by atoms with Crippen LogP contribution >= 0.6 is 24.0 Å². The van der Waals surface area contributed by atoms with E-state index in [-0.39, 0.29) is 30.0 Å². The Hall–Kier alpha value is -1.06. The number of unbranched alkanes of at least 4 members (excludes halogenated alkanes) is 1. The average molecular weight is 504 g/mol. The number of ether oxygens (including phenoxy) is 2. The summed E-state index contributed by atoms with van der Waals surface area (Å²) in [5.41, 5.74) is 1.27. The van der Waals surface area contributed by atoms with E-state index >= 15 is 0 Å². The summed E-state index contributed by atoms with van der Waals surface area (Å²) in [6.07, 6.45) is 2.36. The molecular formula is C21H37IN4O2. The molecule has 1 unspecified atom stereocenters. The van der Waals surface area contributed by atoms with E-state index in [1.807, 2.05) is 12.1 Å². The van der Waals surface area contributed by atoms with Gasteiger partial charge in [-0.1, -0.05) is 25.5 Å². The fourth-order valence-corrected chi connectivity index (χ4v) is 3.29. The third-order valence-corrected chi connectivity index (χ3v) is 4.94. The summed E-state index contributed by atoms with van der Waals surface area (Å²) >= 11 is 0. The highest BCUT2D eigenvalue weighted by atomic mass is 127. The molecule has 28 heavy (non-hydrogen) atoms. The summed E-state index contributed by atoms with van der Waals surface area (Å²) in [5, 5.41) is 3.43. The molecule has 0 aliphatic carbocycles. The number of halogens is 1. The van der Waals surface area contributed by atoms with Gasteiger partial charge in [0.1, 0.15) is 5.75 Å². The summed E-state index contributed by atoms with van der Waals surface area (Å²) in [4.78, 5) is 9.69. The van der Waals surface area contributed by atoms with Crippen LogP contribution in [0.4, 0.5) is 0 Å². The highest BCUT2D eigenvalue weighted by Crippen LogP contribution is 2.24. The summed E-state index contributed by atoms with van der Waals surface area (Å²) in [5.74, 6) is 1.87. The number of morpholine rings is 1. The molecule has 7 heteroatoms. The molecule has 1 aliphatic rings. The summed E-state index contributed by atoms with van der Waals surface area (Å²) < 4.78 is 10.9. The van der Waals surface area contributed by atoms with E-state index in [0.29, 0.717) is 0 Å². The van der Waals surface area contributed by atoms with Gasteiger partial charge in [-0.3, -0.25) is 9.89 Å². The van der Waals surface area contributed by atoms with Crippen molar-refractivity contribution in [2.45, 2.75) is 32.7 Å². The van der Waals surface area contributed by atoms with Gasteiger partial charge in [-0.25, -0.2) is 0 Å². The highest BCUT2D eigenvalue weighted by molar-refractivity contribution is 14.0. The van der Waals surface area contributed by atoms with Crippen molar-refractivity contribution in [3.63, 3.8) is 0 Å². The summed E-state index contributed by atoms with van der Waals surface area (Å²) in [6, 6.07) is 8.62. The molecule has 0 bridgehead atoms. The normalized spacial score (nSPS) is 16.2. The minimum atomic E-state index is 0. The minimum Gasteiger partial charge on any atom is -0.497 e. The standard InChI is InChI=1S/C21H36N4O2.HI/c1-5-7-12-24(3)21(22-6-2)23-17-20(25-13-15-27-16-14-25)18-8-10-19(26-4)11-9-18;/h8-11,20H,5-7,12-17H2,1-4H3,(H,22,23);1H. The van der Waals surface area contributed by atoms with Crippen LogP contribution in [0.15, 0.2) is 29.3 Å². The highest BCUT2D eigenvalue weighted by Gasteiger charge is 2.23. The molecule has 0 saturated carbocycles. The molecule has 1 aromatic rings. The Morgan fingerprint density at radius 3 is 2.50 bits per heavy atom. The number of aliphatic imine (C=N–C) groups is 1. The molecule has 0 spiro atoms. The van der Waals surface area contributed by atoms with E-state index in [4.69, 9.17) is 14.5 Å². The first kappa shape index (κ1) is 25.0. The quantitative estimate of drug-likeness (QED) is 0.318. The maximum atomic E-state index is 5.55. The van der Waals surface area contributed by atoms with Crippen molar-refractivity contribution in [3.8, 4) is 5.75 Å². The van der Waals surface area contributed by atoms with Gasteiger partial charge in [0, 0.05) is 33.2 Å². The fraction of sp³-hybridized carbons (Fsp3) is 0.667. The molecule has 0 aromatic heterocycles. The number of nitrogens with zero attached hydrogens (tertiary/aromatic N) is 3. The van der Waals surface area contributed by atoms with Crippen LogP contribution in [0.3, 0.4) is 0 Å². The first-order valence-corrected chi connectivity index (χ1v) is 10.1. The van der Waals surface area contributed by atoms with Crippen LogP contribution in [-0.2, 0) is 4.74 Å². The zero-order valence-corrected chi connectivity index (χ0v) is 20.1. The molecule has 0 radical (unpaired) electrons. The zero-order valence-electron chi connectivity index (χ0n) is 17.8. The molecule has 0 amide bonds. The molecule has 160 valence electrons. The van der Waals surface area contributed by atoms with Crippen LogP contribution in [0.1, 0.15) is 38.3 Å². The van der Waals surface area contributed by atoms with Crippen molar-refractivity contribution >= 4 is 29.9 Å². The Balaban J connectivity index is 0.00000392. The van der Waals surface area contributed by atoms with Crippen molar-refractivity contribution in [3.05, 3.63) is 29.8 Å². The predicted molar refractivity (Wildman–Crippen MR) is 127 cm³/mol. The number of nitrogens with one attached hydrogen (secondary N) is 1. The molecule has 1 heterocycles. The lowest BCUT2D eigenvalue weighted by Crippen LogP contribution is -2.42. The molecule has 1 saturated heterocycles. The van der Waals surface area contributed by atoms with E-state index in [0.717, 1.165) is 57.6 Å². The van der Waals surface area contributed by atoms with Crippen molar-refractivity contribution < 1.29 is 9.47 Å². The SMILES string of the molecule is CCCCN(C)C(=NCC(c1ccc(OC)cc1)N1CCOCC1)NCC.I. The smallest absolute Gasteiger partial charge is 0.193 e. The predicted octanol–water partition coefficient (Wildman–Crippen LogP) is 3.38. The molecule has 1 atom stereocenters. The molecule has 1 fully saturated rings. The monoisotopic (exact) mass is 504 g/mol. The van der Waals surface area contributed by atoms with Crippen LogP contribution in [0.25, 0.3) is 0 Å². The van der Waals surface area contributed by atoms with Gasteiger partial charge in [0.25, 0.3) is 0 Å². The molecule has 1 N–H and O–H groups in total. The molecule has 6 nitrogen and oxygen atoms in total. The lowest BCUT2D eigenvalue weighted by molar-refractivity contribution is 0.0179. The van der Waals surface area contributed by atoms with Gasteiger partial charge in [0.15, 0.2) is 5.96 Å². The van der Waals surface area contributed by atoms with Gasteiger partial charge in [-0.05, 0) is 31.0 Å². The van der Waals surface area contributed by atoms with Gasteiger partial charge in [0.05, 0.1) is 32.9 Å². The van der Waals surface area contributed by atoms with E-state index in [1.54, 1.807) is 7.11 Å². The number of guanidine groups is 1. The Bertz CT molecular complexity index is 562. The molecule has 2 rings (SSSR count). The topological polar surface area (TPSA) is 49.3 Å². The Morgan fingerprint density at radius 2 is 1.93 bits per heavy atom. The zero-order chi connectivity index (χ0) is 19.5. The molecule has 1 aliphatic heterocycles. The van der Waals surface area contributed by atoms with Gasteiger partial charge >= 0.3 is 0 Å². The van der Waals surface area contributed by atoms with Gasteiger partial charge in [-0.15, -0.1) is 24.0 Å². The van der Waals surface area contributed by atoms with E-state index in [2.05, 4.69) is 48.1 Å². The minimum absolute atomic E-state index is 0. The van der Waals surface area contributed by atoms with Gasteiger partial charge in [-0.2, -0.15) is 0 Å². The van der Waals surface area contributed by atoms with Crippen LogP contribution < -0.4 is 10.1 Å². The molecule has 1 aromatic carbocycles. The van der Waals surface area contributed by atoms with E-state index in [9.17, 15) is 0 Å². The number of rotatable bonds is 9. The second-order valence-corrected chi connectivity index (χ2v) is 6.91. The van der Waals surface area contributed by atoms with Crippen molar-refractivity contribution in [2.24, 2.45) is 4.99 Å². The Morgan fingerprint density at radius 1 is 1.25 bits per heavy atom. The van der Waals surface area contributed by atoms with Crippen molar-refractivity contribution in [1.82, 2.24) is 15.1 Å². The fourth-order valence-electron chi connectivity index (χ4n) is 3.29. The van der Waals surface area contributed by atoms with Crippen molar-refractivity contribution in [1.29, 1.82) is 0 Å². The average Bonchev–Trinajstić information content (AvgIpc) is 2.72. The van der Waals surface area contributed by atoms with E-state index in [1.165, 1.54) is 18.4 Å². The first-order chi connectivity index (χ1) is 13.2. The lowest BCUT2D eigenvalue weighted by Gasteiger charge is -2.34. The van der Waals surface area contributed by atoms with Crippen LogP contribution in [0.2, 0.25) is 0 Å². The van der Waals surface area contributed by atoms with Gasteiger partial charge < -0.3 is 19.7 Å². The molecular weight excluding hydrogens is 467 g/mol. The first-order valence-electron chi connectivity index (χ1n) is 10.1. The van der Waals surface area contributed by atoms with Crippen LogP contribution in [0, 0.1) is 0 Å². The Kier molecular flexibility index (Phi) is 12.5.